The average Bonchev–Trinajstić information content (AvgIpc) is 2.52. The molecule has 5 nitrogen and oxygen atoms in total. The third-order valence-electron chi connectivity index (χ3n) is 1.55. The first-order chi connectivity index (χ1) is 6.10. The molecule has 0 radical (unpaired) electrons. The first-order valence-corrected chi connectivity index (χ1v) is 5.61. The van der Waals surface area contributed by atoms with Crippen LogP contribution in [0, 0.1) is 0 Å². The molecular weight excluding hydrogens is 190 g/mol. The van der Waals surface area contributed by atoms with Crippen LogP contribution in [0.3, 0.4) is 0 Å². The second-order valence-electron chi connectivity index (χ2n) is 2.51. The van der Waals surface area contributed by atoms with E-state index in [0.717, 1.165) is 0 Å². The van der Waals surface area contributed by atoms with Crippen LogP contribution in [0.5, 0.6) is 0 Å². The van der Waals surface area contributed by atoms with E-state index in [4.69, 9.17) is 0 Å². The van der Waals surface area contributed by atoms with E-state index in [-0.39, 0.29) is 5.03 Å². The summed E-state index contributed by atoms with van der Waals surface area (Å²) in [6, 6.07) is 1.49. The van der Waals surface area contributed by atoms with E-state index in [1.165, 1.54) is 6.07 Å². The average molecular weight is 203 g/mol. The molecule has 1 aromatic heterocycles. The lowest BCUT2D eigenvalue weighted by Gasteiger charge is -1.99. The number of nitrogens with zero attached hydrogens (tertiary/aromatic N) is 2. The maximum Gasteiger partial charge on any atom is 0.259 e. The van der Waals surface area contributed by atoms with Crippen LogP contribution >= 0.6 is 0 Å². The zero-order valence-corrected chi connectivity index (χ0v) is 8.50. The summed E-state index contributed by atoms with van der Waals surface area (Å²) in [5, 5.41) is 3.97. The van der Waals surface area contributed by atoms with Gasteiger partial charge < -0.3 is 0 Å². The lowest BCUT2D eigenvalue weighted by Crippen LogP contribution is -2.23. The van der Waals surface area contributed by atoms with E-state index in [2.05, 4.69) is 9.82 Å². The van der Waals surface area contributed by atoms with Crippen LogP contribution in [0.15, 0.2) is 17.3 Å². The molecular formula is C7H13N3O2S. The van der Waals surface area contributed by atoms with Crippen molar-refractivity contribution in [1.82, 2.24) is 14.5 Å². The third-order valence-corrected chi connectivity index (χ3v) is 2.99. The molecule has 0 spiro atoms. The summed E-state index contributed by atoms with van der Waals surface area (Å²) in [5.41, 5.74) is 0. The van der Waals surface area contributed by atoms with Gasteiger partial charge in [-0.3, -0.25) is 4.68 Å². The number of sulfonamides is 1. The monoisotopic (exact) mass is 203 g/mol. The number of aryl methyl sites for hydroxylation is 1. The second kappa shape index (κ2) is 3.89. The number of aromatic nitrogens is 2. The molecule has 0 amide bonds. The molecule has 1 rings (SSSR count). The molecule has 74 valence electrons. The molecule has 6 heteroatoms. The summed E-state index contributed by atoms with van der Waals surface area (Å²) >= 11 is 0. The van der Waals surface area contributed by atoms with Crippen molar-refractivity contribution in [3.8, 4) is 0 Å². The van der Waals surface area contributed by atoms with Gasteiger partial charge in [0.2, 0.25) is 0 Å². The molecule has 0 fully saturated rings. The van der Waals surface area contributed by atoms with Crippen molar-refractivity contribution in [3.63, 3.8) is 0 Å². The van der Waals surface area contributed by atoms with Crippen molar-refractivity contribution in [3.05, 3.63) is 12.3 Å². The highest BCUT2D eigenvalue weighted by molar-refractivity contribution is 7.89. The largest absolute Gasteiger partial charge is 0.272 e. The molecule has 0 aliphatic rings. The van der Waals surface area contributed by atoms with Gasteiger partial charge in [0.15, 0.2) is 5.03 Å². The Morgan fingerprint density at radius 3 is 2.69 bits per heavy atom. The van der Waals surface area contributed by atoms with E-state index < -0.39 is 10.0 Å². The quantitative estimate of drug-likeness (QED) is 0.760. The minimum absolute atomic E-state index is 0.0798. The van der Waals surface area contributed by atoms with Gasteiger partial charge in [-0.05, 0) is 13.0 Å². The Balaban J connectivity index is 2.94. The van der Waals surface area contributed by atoms with Gasteiger partial charge >= 0.3 is 0 Å². The lowest BCUT2D eigenvalue weighted by atomic mass is 10.7. The fourth-order valence-corrected chi connectivity index (χ4v) is 1.91. The predicted octanol–water partition coefficient (Wildman–Crippen LogP) is 0.201. The van der Waals surface area contributed by atoms with Crippen molar-refractivity contribution in [1.29, 1.82) is 0 Å². The maximum atomic E-state index is 11.4. The second-order valence-corrected chi connectivity index (χ2v) is 4.22. The first kappa shape index (κ1) is 10.2. The van der Waals surface area contributed by atoms with E-state index in [1.807, 2.05) is 6.92 Å². The summed E-state index contributed by atoms with van der Waals surface area (Å²) in [4.78, 5) is 0. The van der Waals surface area contributed by atoms with Gasteiger partial charge in [0.1, 0.15) is 0 Å². The first-order valence-electron chi connectivity index (χ1n) is 4.13. The van der Waals surface area contributed by atoms with Gasteiger partial charge in [-0.15, -0.1) is 0 Å². The van der Waals surface area contributed by atoms with Gasteiger partial charge in [-0.1, -0.05) is 6.92 Å². The summed E-state index contributed by atoms with van der Waals surface area (Å²) in [7, 11) is -3.38. The third kappa shape index (κ3) is 2.28. The van der Waals surface area contributed by atoms with Crippen molar-refractivity contribution in [2.45, 2.75) is 25.4 Å². The standard InChI is InChI=1S/C7H13N3O2S/c1-3-8-13(11,12)7-5-6-10(4-2)9-7/h5-6,8H,3-4H2,1-2H3. The Morgan fingerprint density at radius 2 is 2.23 bits per heavy atom. The van der Waals surface area contributed by atoms with Crippen LogP contribution in [0.1, 0.15) is 13.8 Å². The highest BCUT2D eigenvalue weighted by atomic mass is 32.2. The summed E-state index contributed by atoms with van der Waals surface area (Å²) < 4.78 is 26.7. The Hall–Kier alpha value is -0.880. The van der Waals surface area contributed by atoms with Crippen molar-refractivity contribution in [2.24, 2.45) is 0 Å². The zero-order chi connectivity index (χ0) is 9.90. The summed E-state index contributed by atoms with van der Waals surface area (Å²) in [5.74, 6) is 0. The maximum absolute atomic E-state index is 11.4. The summed E-state index contributed by atoms with van der Waals surface area (Å²) in [6.07, 6.45) is 1.64. The fraction of sp³-hybridized carbons (Fsp3) is 0.571. The van der Waals surface area contributed by atoms with Crippen LogP contribution in [0.25, 0.3) is 0 Å². The highest BCUT2D eigenvalue weighted by Crippen LogP contribution is 2.03. The van der Waals surface area contributed by atoms with Gasteiger partial charge in [-0.2, -0.15) is 5.10 Å². The van der Waals surface area contributed by atoms with Crippen LogP contribution in [-0.4, -0.2) is 24.7 Å². The normalized spacial score (nSPS) is 11.8. The molecule has 0 aliphatic heterocycles. The van der Waals surface area contributed by atoms with Gasteiger partial charge in [-0.25, -0.2) is 13.1 Å². The molecule has 0 saturated carbocycles. The van der Waals surface area contributed by atoms with E-state index in [1.54, 1.807) is 17.8 Å². The van der Waals surface area contributed by atoms with Gasteiger partial charge in [0.25, 0.3) is 10.0 Å². The zero-order valence-electron chi connectivity index (χ0n) is 7.69. The fourth-order valence-electron chi connectivity index (χ4n) is 0.926. The molecule has 1 aromatic rings. The Morgan fingerprint density at radius 1 is 1.54 bits per heavy atom. The van der Waals surface area contributed by atoms with Crippen LogP contribution in [0.4, 0.5) is 0 Å². The van der Waals surface area contributed by atoms with Crippen molar-refractivity contribution >= 4 is 10.0 Å². The minimum Gasteiger partial charge on any atom is -0.272 e. The smallest absolute Gasteiger partial charge is 0.259 e. The molecule has 1 N–H and O–H groups in total. The molecule has 0 bridgehead atoms. The van der Waals surface area contributed by atoms with Crippen LogP contribution in [-0.2, 0) is 16.6 Å². The lowest BCUT2D eigenvalue weighted by molar-refractivity contribution is 0.570. The van der Waals surface area contributed by atoms with Crippen LogP contribution in [0.2, 0.25) is 0 Å². The SMILES string of the molecule is CCNS(=O)(=O)c1ccn(CC)n1. The minimum atomic E-state index is -3.38. The van der Waals surface area contributed by atoms with Gasteiger partial charge in [0.05, 0.1) is 0 Å². The van der Waals surface area contributed by atoms with Crippen molar-refractivity contribution in [2.75, 3.05) is 6.54 Å². The molecule has 1 heterocycles. The molecule has 0 aromatic carbocycles. The Bertz CT molecular complexity index is 369. The molecule has 0 unspecified atom stereocenters. The highest BCUT2D eigenvalue weighted by Gasteiger charge is 2.15. The topological polar surface area (TPSA) is 64.0 Å². The van der Waals surface area contributed by atoms with Crippen LogP contribution < -0.4 is 4.72 Å². The van der Waals surface area contributed by atoms with E-state index in [9.17, 15) is 8.42 Å². The molecule has 0 saturated heterocycles. The van der Waals surface area contributed by atoms with E-state index >= 15 is 0 Å². The number of nitrogens with one attached hydrogen (secondary N) is 1. The van der Waals surface area contributed by atoms with Crippen molar-refractivity contribution < 1.29 is 8.42 Å². The number of hydrogen-bond donors (Lipinski definition) is 1. The van der Waals surface area contributed by atoms with Gasteiger partial charge in [0, 0.05) is 19.3 Å². The molecule has 0 atom stereocenters. The predicted molar refractivity (Wildman–Crippen MR) is 48.8 cm³/mol. The Labute approximate surface area is 77.8 Å². The summed E-state index contributed by atoms with van der Waals surface area (Å²) in [6.45, 7) is 4.67. The number of rotatable bonds is 4. The number of hydrogen-bond acceptors (Lipinski definition) is 3. The van der Waals surface area contributed by atoms with E-state index in [0.29, 0.717) is 13.1 Å². The Kier molecular flexibility index (Phi) is 3.05. The molecule has 0 aliphatic carbocycles. The molecule has 13 heavy (non-hydrogen) atoms.